The van der Waals surface area contributed by atoms with Gasteiger partial charge in [-0.3, -0.25) is 9.69 Å². The second kappa shape index (κ2) is 3.51. The van der Waals surface area contributed by atoms with Gasteiger partial charge in [-0.15, -0.1) is 0 Å². The molecule has 78 valence electrons. The summed E-state index contributed by atoms with van der Waals surface area (Å²) in [4.78, 5) is 13.0. The van der Waals surface area contributed by atoms with Crippen LogP contribution < -0.4 is 5.32 Å². The first-order valence-corrected chi connectivity index (χ1v) is 4.86. The van der Waals surface area contributed by atoms with Gasteiger partial charge in [0.1, 0.15) is 17.2 Å². The van der Waals surface area contributed by atoms with Crippen LogP contribution in [0.3, 0.4) is 0 Å². The van der Waals surface area contributed by atoms with E-state index in [1.807, 2.05) is 13.0 Å². The molecule has 2 rings (SSSR count). The molecule has 1 aliphatic heterocycles. The lowest BCUT2D eigenvalue weighted by molar-refractivity contribution is -0.121. The number of carbonyl (C=O) groups excluding carboxylic acids is 1. The Kier molecular flexibility index (Phi) is 2.32. The first-order valence-electron chi connectivity index (χ1n) is 4.45. The van der Waals surface area contributed by atoms with Crippen molar-refractivity contribution in [2.75, 3.05) is 7.05 Å². The average Bonchev–Trinajstić information content (AvgIpc) is 2.68. The molecule has 1 aliphatic rings. The summed E-state index contributed by atoms with van der Waals surface area (Å²) in [5.41, 5.74) is 0.442. The number of furan rings is 1. The molecule has 1 aromatic heterocycles. The fraction of sp³-hybridized carbons (Fsp3) is 0.200. The van der Waals surface area contributed by atoms with E-state index in [-0.39, 0.29) is 5.91 Å². The largest absolute Gasteiger partial charge is 0.462 e. The number of amides is 1. The van der Waals surface area contributed by atoms with Gasteiger partial charge in [0.2, 0.25) is 0 Å². The first-order chi connectivity index (χ1) is 7.08. The topological polar surface area (TPSA) is 45.5 Å². The molecule has 15 heavy (non-hydrogen) atoms. The smallest absolute Gasteiger partial charge is 0.276 e. The van der Waals surface area contributed by atoms with Crippen LogP contribution >= 0.6 is 12.2 Å². The van der Waals surface area contributed by atoms with Crippen molar-refractivity contribution in [1.82, 2.24) is 10.2 Å². The Bertz CT molecular complexity index is 462. The molecule has 0 spiro atoms. The number of carbonyl (C=O) groups is 1. The third-order valence-electron chi connectivity index (χ3n) is 2.13. The van der Waals surface area contributed by atoms with Crippen LogP contribution in [0.15, 0.2) is 22.2 Å². The van der Waals surface area contributed by atoms with E-state index in [1.54, 1.807) is 19.2 Å². The highest BCUT2D eigenvalue weighted by molar-refractivity contribution is 7.80. The summed E-state index contributed by atoms with van der Waals surface area (Å²) in [5, 5.41) is 3.23. The van der Waals surface area contributed by atoms with Gasteiger partial charge in [-0.2, -0.15) is 0 Å². The Balaban J connectivity index is 2.29. The molecule has 4 nitrogen and oxygen atoms in total. The molecule has 1 N–H and O–H groups in total. The van der Waals surface area contributed by atoms with Crippen LogP contribution in [0.5, 0.6) is 0 Å². The molecule has 1 fully saturated rings. The van der Waals surface area contributed by atoms with Crippen LogP contribution in [0.2, 0.25) is 0 Å². The molecule has 0 aromatic carbocycles. The number of likely N-dealkylation sites (N-methyl/N-ethyl adjacent to an activating group) is 1. The fourth-order valence-corrected chi connectivity index (χ4v) is 1.49. The van der Waals surface area contributed by atoms with Crippen molar-refractivity contribution in [2.45, 2.75) is 6.92 Å². The summed E-state index contributed by atoms with van der Waals surface area (Å²) >= 11 is 4.94. The zero-order valence-electron chi connectivity index (χ0n) is 8.40. The van der Waals surface area contributed by atoms with Crippen molar-refractivity contribution >= 4 is 29.3 Å². The second-order valence-electron chi connectivity index (χ2n) is 3.30. The van der Waals surface area contributed by atoms with Crippen molar-refractivity contribution in [3.05, 3.63) is 29.4 Å². The summed E-state index contributed by atoms with van der Waals surface area (Å²) in [7, 11) is 1.63. The van der Waals surface area contributed by atoms with Crippen molar-refractivity contribution in [2.24, 2.45) is 0 Å². The van der Waals surface area contributed by atoms with E-state index >= 15 is 0 Å². The Morgan fingerprint density at radius 2 is 2.27 bits per heavy atom. The summed E-state index contributed by atoms with van der Waals surface area (Å²) < 4.78 is 5.33. The lowest BCUT2D eigenvalue weighted by atomic mass is 10.3. The summed E-state index contributed by atoms with van der Waals surface area (Å²) in [5.74, 6) is 1.30. The van der Waals surface area contributed by atoms with Crippen molar-refractivity contribution in [3.63, 3.8) is 0 Å². The quantitative estimate of drug-likeness (QED) is 0.574. The van der Waals surface area contributed by atoms with Gasteiger partial charge in [0.05, 0.1) is 0 Å². The number of hydrogen-bond acceptors (Lipinski definition) is 3. The molecule has 0 saturated carbocycles. The fourth-order valence-electron chi connectivity index (χ4n) is 1.30. The van der Waals surface area contributed by atoms with Gasteiger partial charge >= 0.3 is 0 Å². The summed E-state index contributed by atoms with van der Waals surface area (Å²) in [6, 6.07) is 3.65. The minimum absolute atomic E-state index is 0.144. The molecule has 0 bridgehead atoms. The highest BCUT2D eigenvalue weighted by Crippen LogP contribution is 2.14. The Morgan fingerprint density at radius 1 is 1.53 bits per heavy atom. The van der Waals surface area contributed by atoms with E-state index in [9.17, 15) is 4.79 Å². The summed E-state index contributed by atoms with van der Waals surface area (Å²) in [6.45, 7) is 1.85. The predicted molar refractivity (Wildman–Crippen MR) is 59.9 cm³/mol. The molecule has 0 unspecified atom stereocenters. The number of hydrogen-bond donors (Lipinski definition) is 1. The molecule has 0 radical (unpaired) electrons. The zero-order chi connectivity index (χ0) is 11.0. The molecule has 2 heterocycles. The van der Waals surface area contributed by atoms with Gasteiger partial charge < -0.3 is 9.73 Å². The molecule has 1 amide bonds. The van der Waals surface area contributed by atoms with Crippen LogP contribution in [-0.4, -0.2) is 23.0 Å². The molecule has 1 saturated heterocycles. The third kappa shape index (κ3) is 1.78. The van der Waals surface area contributed by atoms with Gasteiger partial charge in [-0.25, -0.2) is 0 Å². The van der Waals surface area contributed by atoms with Crippen LogP contribution in [0.25, 0.3) is 6.08 Å². The monoisotopic (exact) mass is 222 g/mol. The van der Waals surface area contributed by atoms with E-state index in [1.165, 1.54) is 4.90 Å². The third-order valence-corrected chi connectivity index (χ3v) is 2.50. The Morgan fingerprint density at radius 3 is 2.73 bits per heavy atom. The maximum Gasteiger partial charge on any atom is 0.276 e. The van der Waals surface area contributed by atoms with E-state index in [4.69, 9.17) is 16.6 Å². The normalized spacial score (nSPS) is 18.8. The standard InChI is InChI=1S/C10H10N2O2S/c1-6-3-4-7(14-6)5-8-9(13)12(2)10(15)11-8/h3-5H,1-2H3,(H,11,15)/b8-5+. The van der Waals surface area contributed by atoms with Gasteiger partial charge in [-0.1, -0.05) is 0 Å². The van der Waals surface area contributed by atoms with Crippen LogP contribution in [-0.2, 0) is 4.79 Å². The molecule has 1 aromatic rings. The molecule has 0 atom stereocenters. The highest BCUT2D eigenvalue weighted by Gasteiger charge is 2.27. The van der Waals surface area contributed by atoms with Gasteiger partial charge in [0, 0.05) is 13.1 Å². The van der Waals surface area contributed by atoms with Gasteiger partial charge in [-0.05, 0) is 31.3 Å². The number of nitrogens with one attached hydrogen (secondary N) is 1. The second-order valence-corrected chi connectivity index (χ2v) is 3.69. The van der Waals surface area contributed by atoms with Crippen molar-refractivity contribution in [3.8, 4) is 0 Å². The Labute approximate surface area is 92.5 Å². The molecule has 0 aliphatic carbocycles. The van der Waals surface area contributed by atoms with Gasteiger partial charge in [0.25, 0.3) is 5.91 Å². The van der Waals surface area contributed by atoms with Crippen LogP contribution in [0.4, 0.5) is 0 Å². The minimum atomic E-state index is -0.144. The molecule has 5 heteroatoms. The van der Waals surface area contributed by atoms with E-state index < -0.39 is 0 Å². The van der Waals surface area contributed by atoms with Crippen molar-refractivity contribution in [1.29, 1.82) is 0 Å². The Hall–Kier alpha value is -1.62. The van der Waals surface area contributed by atoms with E-state index in [2.05, 4.69) is 5.32 Å². The van der Waals surface area contributed by atoms with Crippen LogP contribution in [0, 0.1) is 6.92 Å². The number of nitrogens with zero attached hydrogens (tertiary/aromatic N) is 1. The van der Waals surface area contributed by atoms with Gasteiger partial charge in [0.15, 0.2) is 5.11 Å². The highest BCUT2D eigenvalue weighted by atomic mass is 32.1. The number of thiocarbonyl (C=S) groups is 1. The maximum atomic E-state index is 11.6. The molecular formula is C10H10N2O2S. The predicted octanol–water partition coefficient (Wildman–Crippen LogP) is 1.28. The van der Waals surface area contributed by atoms with E-state index in [0.717, 1.165) is 5.76 Å². The van der Waals surface area contributed by atoms with E-state index in [0.29, 0.717) is 16.6 Å². The first kappa shape index (κ1) is 9.92. The number of aryl methyl sites for hydroxylation is 1. The number of rotatable bonds is 1. The summed E-state index contributed by atoms with van der Waals surface area (Å²) in [6.07, 6.45) is 1.64. The zero-order valence-corrected chi connectivity index (χ0v) is 9.22. The average molecular weight is 222 g/mol. The van der Waals surface area contributed by atoms with Crippen molar-refractivity contribution < 1.29 is 9.21 Å². The lowest BCUT2D eigenvalue weighted by Gasteiger charge is -2.02. The lowest BCUT2D eigenvalue weighted by Crippen LogP contribution is -2.25. The molecular weight excluding hydrogens is 212 g/mol. The minimum Gasteiger partial charge on any atom is -0.462 e. The SMILES string of the molecule is Cc1ccc(/C=C2/NC(=S)N(C)C2=O)o1. The van der Waals surface area contributed by atoms with Crippen LogP contribution in [0.1, 0.15) is 11.5 Å². The maximum absolute atomic E-state index is 11.6.